The molecule has 2 N–H and O–H groups in total. The van der Waals surface area contributed by atoms with Crippen LogP contribution in [0.15, 0.2) is 0 Å². The molecule has 0 saturated heterocycles. The van der Waals surface area contributed by atoms with Gasteiger partial charge in [-0.1, -0.05) is 0 Å². The molecule has 0 aromatic heterocycles. The minimum absolute atomic E-state index is 0.0433. The lowest BCUT2D eigenvalue weighted by molar-refractivity contribution is -0.138. The highest BCUT2D eigenvalue weighted by atomic mass is 32.2. The Morgan fingerprint density at radius 1 is 1.62 bits per heavy atom. The van der Waals surface area contributed by atoms with Gasteiger partial charge in [-0.15, -0.1) is 0 Å². The van der Waals surface area contributed by atoms with Gasteiger partial charge in [-0.25, -0.2) is 13.1 Å². The lowest BCUT2D eigenvalue weighted by Crippen LogP contribution is -2.40. The van der Waals surface area contributed by atoms with Gasteiger partial charge in [-0.2, -0.15) is 0 Å². The molecular formula is C6H13NO5S. The lowest BCUT2D eigenvalue weighted by atomic mass is 10.4. The van der Waals surface area contributed by atoms with Gasteiger partial charge in [-0.05, 0) is 6.92 Å². The van der Waals surface area contributed by atoms with E-state index in [0.29, 0.717) is 0 Å². The van der Waals surface area contributed by atoms with Gasteiger partial charge in [0.25, 0.3) is 0 Å². The number of nitrogens with one attached hydrogen (secondary N) is 1. The SMILES string of the molecule is COCCS(=O)(=O)N[C@@H](C)C(=O)O. The van der Waals surface area contributed by atoms with E-state index >= 15 is 0 Å². The van der Waals surface area contributed by atoms with Gasteiger partial charge in [0, 0.05) is 7.11 Å². The molecule has 0 bridgehead atoms. The second-order valence-electron chi connectivity index (χ2n) is 2.49. The number of hydrogen-bond donors (Lipinski definition) is 2. The summed E-state index contributed by atoms with van der Waals surface area (Å²) in [6.45, 7) is 1.30. The molecule has 0 radical (unpaired) electrons. The predicted octanol–water partition coefficient (Wildman–Crippen LogP) is -0.975. The van der Waals surface area contributed by atoms with Crippen LogP contribution < -0.4 is 4.72 Å². The zero-order valence-electron chi connectivity index (χ0n) is 7.48. The molecule has 0 aromatic carbocycles. The second kappa shape index (κ2) is 5.15. The van der Waals surface area contributed by atoms with Crippen molar-refractivity contribution in [1.29, 1.82) is 0 Å². The largest absolute Gasteiger partial charge is 0.480 e. The molecule has 0 aliphatic heterocycles. The van der Waals surface area contributed by atoms with Gasteiger partial charge in [0.05, 0.1) is 12.4 Å². The van der Waals surface area contributed by atoms with E-state index in [9.17, 15) is 13.2 Å². The first-order valence-electron chi connectivity index (χ1n) is 3.61. The highest BCUT2D eigenvalue weighted by Crippen LogP contribution is 1.89. The Hall–Kier alpha value is -0.660. The predicted molar refractivity (Wildman–Crippen MR) is 45.9 cm³/mol. The summed E-state index contributed by atoms with van der Waals surface area (Å²) in [6, 6.07) is -1.11. The van der Waals surface area contributed by atoms with E-state index in [-0.39, 0.29) is 12.4 Å². The highest BCUT2D eigenvalue weighted by Gasteiger charge is 2.18. The second-order valence-corrected chi connectivity index (χ2v) is 4.36. The third-order valence-electron chi connectivity index (χ3n) is 1.28. The quantitative estimate of drug-likeness (QED) is 0.589. The van der Waals surface area contributed by atoms with Crippen molar-refractivity contribution in [3.63, 3.8) is 0 Å². The van der Waals surface area contributed by atoms with E-state index in [1.54, 1.807) is 0 Å². The zero-order valence-corrected chi connectivity index (χ0v) is 8.30. The van der Waals surface area contributed by atoms with Crippen molar-refractivity contribution in [2.75, 3.05) is 19.5 Å². The van der Waals surface area contributed by atoms with Gasteiger partial charge in [0.1, 0.15) is 6.04 Å². The van der Waals surface area contributed by atoms with Gasteiger partial charge >= 0.3 is 5.97 Å². The van der Waals surface area contributed by atoms with Crippen molar-refractivity contribution < 1.29 is 23.1 Å². The van der Waals surface area contributed by atoms with E-state index < -0.39 is 22.0 Å². The minimum Gasteiger partial charge on any atom is -0.480 e. The lowest BCUT2D eigenvalue weighted by Gasteiger charge is -2.09. The first kappa shape index (κ1) is 12.3. The van der Waals surface area contributed by atoms with Crippen molar-refractivity contribution in [3.05, 3.63) is 0 Å². The number of aliphatic carboxylic acids is 1. The third kappa shape index (κ3) is 5.56. The van der Waals surface area contributed by atoms with Crippen LogP contribution in [0.2, 0.25) is 0 Å². The summed E-state index contributed by atoms with van der Waals surface area (Å²) in [5, 5.41) is 8.41. The molecule has 0 aromatic rings. The van der Waals surface area contributed by atoms with Crippen molar-refractivity contribution in [3.8, 4) is 0 Å². The number of rotatable bonds is 6. The summed E-state index contributed by atoms with van der Waals surface area (Å²) in [6.07, 6.45) is 0. The fraction of sp³-hybridized carbons (Fsp3) is 0.833. The number of carbonyl (C=O) groups is 1. The molecule has 7 heteroatoms. The van der Waals surface area contributed by atoms with E-state index in [0.717, 1.165) is 0 Å². The molecule has 0 rings (SSSR count). The molecule has 0 heterocycles. The fourth-order valence-electron chi connectivity index (χ4n) is 0.572. The summed E-state index contributed by atoms with van der Waals surface area (Å²) in [5.41, 5.74) is 0. The van der Waals surface area contributed by atoms with E-state index in [1.165, 1.54) is 14.0 Å². The Kier molecular flexibility index (Phi) is 4.89. The van der Waals surface area contributed by atoms with E-state index in [4.69, 9.17) is 5.11 Å². The zero-order chi connectivity index (χ0) is 10.5. The Bertz CT molecular complexity index is 260. The molecule has 1 atom stereocenters. The van der Waals surface area contributed by atoms with Crippen LogP contribution in [0.4, 0.5) is 0 Å². The minimum atomic E-state index is -3.54. The summed E-state index contributed by atoms with van der Waals surface area (Å²) < 4.78 is 28.6. The van der Waals surface area contributed by atoms with Crippen molar-refractivity contribution in [2.24, 2.45) is 0 Å². The van der Waals surface area contributed by atoms with Crippen molar-refractivity contribution in [1.82, 2.24) is 4.72 Å². The normalized spacial score (nSPS) is 14.0. The van der Waals surface area contributed by atoms with Crippen LogP contribution in [0.5, 0.6) is 0 Å². The van der Waals surface area contributed by atoms with Crippen LogP contribution >= 0.6 is 0 Å². The molecule has 0 aliphatic carbocycles. The fourth-order valence-corrected chi connectivity index (χ4v) is 1.72. The average molecular weight is 211 g/mol. The van der Waals surface area contributed by atoms with Crippen molar-refractivity contribution >= 4 is 16.0 Å². The Morgan fingerprint density at radius 2 is 2.15 bits per heavy atom. The summed E-state index contributed by atoms with van der Waals surface area (Å²) >= 11 is 0. The topological polar surface area (TPSA) is 92.7 Å². The average Bonchev–Trinajstić information content (AvgIpc) is 2.00. The Morgan fingerprint density at radius 3 is 2.54 bits per heavy atom. The van der Waals surface area contributed by atoms with Gasteiger partial charge in [0.15, 0.2) is 0 Å². The van der Waals surface area contributed by atoms with Crippen LogP contribution in [0.1, 0.15) is 6.92 Å². The number of sulfonamides is 1. The summed E-state index contributed by atoms with van der Waals surface area (Å²) in [4.78, 5) is 10.3. The maximum atomic E-state index is 11.0. The smallest absolute Gasteiger partial charge is 0.321 e. The monoisotopic (exact) mass is 211 g/mol. The van der Waals surface area contributed by atoms with Crippen LogP contribution in [-0.2, 0) is 19.6 Å². The van der Waals surface area contributed by atoms with Crippen LogP contribution in [-0.4, -0.2) is 45.0 Å². The molecule has 78 valence electrons. The van der Waals surface area contributed by atoms with Crippen LogP contribution in [0.3, 0.4) is 0 Å². The highest BCUT2D eigenvalue weighted by molar-refractivity contribution is 7.89. The standard InChI is InChI=1S/C6H13NO5S/c1-5(6(8)9)7-13(10,11)4-3-12-2/h5,7H,3-4H2,1-2H3,(H,8,9)/t5-/m0/s1. The number of hydrogen-bond acceptors (Lipinski definition) is 4. The van der Waals surface area contributed by atoms with Gasteiger partial charge in [-0.3, -0.25) is 4.79 Å². The number of carboxylic acid groups (broad SMARTS) is 1. The Balaban J connectivity index is 4.10. The molecule has 0 amide bonds. The molecule has 0 fully saturated rings. The molecule has 13 heavy (non-hydrogen) atoms. The van der Waals surface area contributed by atoms with Crippen molar-refractivity contribution in [2.45, 2.75) is 13.0 Å². The molecule has 6 nitrogen and oxygen atoms in total. The van der Waals surface area contributed by atoms with Gasteiger partial charge in [0.2, 0.25) is 10.0 Å². The molecule has 0 spiro atoms. The number of carboxylic acids is 1. The summed E-state index contributed by atoms with van der Waals surface area (Å²) in [5.74, 6) is -1.44. The van der Waals surface area contributed by atoms with E-state index in [2.05, 4.69) is 4.74 Å². The summed E-state index contributed by atoms with van der Waals surface area (Å²) in [7, 11) is -2.17. The maximum absolute atomic E-state index is 11.0. The molecule has 0 unspecified atom stereocenters. The number of ether oxygens (including phenoxy) is 1. The first-order valence-corrected chi connectivity index (χ1v) is 5.26. The maximum Gasteiger partial charge on any atom is 0.321 e. The Labute approximate surface area is 76.9 Å². The molecule has 0 saturated carbocycles. The van der Waals surface area contributed by atoms with Gasteiger partial charge < -0.3 is 9.84 Å². The van der Waals surface area contributed by atoms with Crippen LogP contribution in [0, 0.1) is 0 Å². The molecule has 0 aliphatic rings. The van der Waals surface area contributed by atoms with E-state index in [1.807, 2.05) is 4.72 Å². The van der Waals surface area contributed by atoms with Crippen LogP contribution in [0.25, 0.3) is 0 Å². The first-order chi connectivity index (χ1) is 5.89. The third-order valence-corrected chi connectivity index (χ3v) is 2.70. The number of methoxy groups -OCH3 is 1. The molecular weight excluding hydrogens is 198 g/mol.